The van der Waals surface area contributed by atoms with Gasteiger partial charge in [0.2, 0.25) is 0 Å². The molecule has 0 unspecified atom stereocenters. The zero-order valence-electron chi connectivity index (χ0n) is 15.1. The van der Waals surface area contributed by atoms with Crippen LogP contribution in [0.4, 0.5) is 0 Å². The van der Waals surface area contributed by atoms with Crippen LogP contribution in [0.3, 0.4) is 0 Å². The number of ether oxygens (including phenoxy) is 1. The average Bonchev–Trinajstić information content (AvgIpc) is 2.81. The van der Waals surface area contributed by atoms with Gasteiger partial charge in [-0.1, -0.05) is 26.0 Å². The third-order valence-electron chi connectivity index (χ3n) is 3.65. The third kappa shape index (κ3) is 4.44. The second-order valence-electron chi connectivity index (χ2n) is 6.58. The molecule has 136 valence electrons. The van der Waals surface area contributed by atoms with E-state index in [1.54, 1.807) is 12.1 Å². The van der Waals surface area contributed by atoms with Crippen molar-refractivity contribution in [3.63, 3.8) is 0 Å². The van der Waals surface area contributed by atoms with E-state index in [1.807, 2.05) is 26.0 Å². The molecule has 5 nitrogen and oxygen atoms in total. The second-order valence-corrected chi connectivity index (χ2v) is 7.68. The molecule has 25 heavy (non-hydrogen) atoms. The number of nitrogens with zero attached hydrogens (tertiary/aromatic N) is 1. The maximum Gasteiger partial charge on any atom is 0.268 e. The Morgan fingerprint density at radius 3 is 2.24 bits per heavy atom. The highest BCUT2D eigenvalue weighted by Crippen LogP contribution is 2.37. The minimum atomic E-state index is -0.284. The maximum absolute atomic E-state index is 12.8. The minimum absolute atomic E-state index is 0.0490. The zero-order valence-corrected chi connectivity index (χ0v) is 15.9. The fourth-order valence-corrected chi connectivity index (χ4v) is 3.38. The highest BCUT2D eigenvalue weighted by atomic mass is 32.2. The van der Waals surface area contributed by atoms with Gasteiger partial charge in [-0.25, -0.2) is 0 Å². The zero-order chi connectivity index (χ0) is 18.6. The fourth-order valence-electron chi connectivity index (χ4n) is 2.51. The number of hydrogen-bond acceptors (Lipinski definition) is 5. The van der Waals surface area contributed by atoms with Crippen LogP contribution in [0.15, 0.2) is 29.2 Å². The first-order valence-electron chi connectivity index (χ1n) is 8.45. The molecule has 0 saturated heterocycles. The lowest BCUT2D eigenvalue weighted by molar-refractivity contribution is -0.138. The van der Waals surface area contributed by atoms with Crippen LogP contribution < -0.4 is 4.74 Å². The number of amides is 2. The van der Waals surface area contributed by atoms with Crippen molar-refractivity contribution in [3.8, 4) is 5.75 Å². The molecule has 6 heteroatoms. The topological polar surface area (TPSA) is 66.8 Å². The van der Waals surface area contributed by atoms with Gasteiger partial charge in [-0.2, -0.15) is 0 Å². The lowest BCUT2D eigenvalue weighted by atomic mass is 10.1. The van der Waals surface area contributed by atoms with Crippen molar-refractivity contribution < 1.29 is 19.4 Å². The largest absolute Gasteiger partial charge is 0.493 e. The molecule has 1 aromatic carbocycles. The summed E-state index contributed by atoms with van der Waals surface area (Å²) in [5.41, 5.74) is 1.10. The number of benzene rings is 1. The van der Waals surface area contributed by atoms with Gasteiger partial charge in [-0.15, -0.1) is 11.8 Å². The summed E-state index contributed by atoms with van der Waals surface area (Å²) < 4.78 is 5.67. The van der Waals surface area contributed by atoms with E-state index >= 15 is 0 Å². The van der Waals surface area contributed by atoms with Crippen LogP contribution in [0.1, 0.15) is 33.3 Å². The predicted molar refractivity (Wildman–Crippen MR) is 100 cm³/mol. The molecule has 1 N–H and O–H groups in total. The minimum Gasteiger partial charge on any atom is -0.493 e. The van der Waals surface area contributed by atoms with Crippen LogP contribution in [-0.4, -0.2) is 46.8 Å². The van der Waals surface area contributed by atoms with Crippen LogP contribution in [0.5, 0.6) is 5.75 Å². The summed E-state index contributed by atoms with van der Waals surface area (Å²) >= 11 is 1.22. The van der Waals surface area contributed by atoms with Gasteiger partial charge in [0.05, 0.1) is 23.7 Å². The van der Waals surface area contributed by atoms with Crippen LogP contribution in [0, 0.1) is 5.92 Å². The summed E-state index contributed by atoms with van der Waals surface area (Å²) in [7, 11) is 0. The summed E-state index contributed by atoms with van der Waals surface area (Å²) in [5, 5.41) is 9.08. The summed E-state index contributed by atoms with van der Waals surface area (Å²) in [6, 6.07) is 7.03. The van der Waals surface area contributed by atoms with Gasteiger partial charge in [0, 0.05) is 11.8 Å². The molecule has 1 aromatic rings. The molecule has 0 spiro atoms. The number of rotatable bonds is 8. The number of carbonyl (C=O) groups excluding carboxylic acids is 2. The van der Waals surface area contributed by atoms with E-state index in [0.717, 1.165) is 5.75 Å². The Balaban J connectivity index is 2.33. The van der Waals surface area contributed by atoms with Gasteiger partial charge in [0.15, 0.2) is 0 Å². The Hall–Kier alpha value is -1.79. The maximum atomic E-state index is 12.8. The molecule has 0 fully saturated rings. The number of thioether (sulfide) groups is 1. The molecule has 0 bridgehead atoms. The molecule has 1 aliphatic heterocycles. The van der Waals surface area contributed by atoms with Crippen molar-refractivity contribution in [2.45, 2.75) is 33.7 Å². The Morgan fingerprint density at radius 1 is 1.08 bits per heavy atom. The number of hydrogen-bond donors (Lipinski definition) is 1. The Labute approximate surface area is 153 Å². The molecule has 2 amide bonds. The second kappa shape index (κ2) is 8.54. The van der Waals surface area contributed by atoms with Gasteiger partial charge in [0.1, 0.15) is 5.75 Å². The number of aliphatic hydroxyl groups excluding tert-OH is 1. The quantitative estimate of drug-likeness (QED) is 0.719. The normalized spacial score (nSPS) is 15.1. The highest BCUT2D eigenvalue weighted by molar-refractivity contribution is 8.04. The first-order valence-corrected chi connectivity index (χ1v) is 9.44. The SMILES string of the molecule is CC(C)COc1ccc(C2=C(SCCO)C(=O)N(C(C)C)C2=O)cc1. The smallest absolute Gasteiger partial charge is 0.268 e. The lowest BCUT2D eigenvalue weighted by Gasteiger charge is -2.19. The molecule has 2 rings (SSSR count). The Morgan fingerprint density at radius 2 is 1.72 bits per heavy atom. The summed E-state index contributed by atoms with van der Waals surface area (Å²) in [5.74, 6) is 0.974. The van der Waals surface area contributed by atoms with E-state index in [2.05, 4.69) is 13.8 Å². The van der Waals surface area contributed by atoms with Crippen molar-refractivity contribution in [1.29, 1.82) is 0 Å². The van der Waals surface area contributed by atoms with Crippen molar-refractivity contribution in [3.05, 3.63) is 34.7 Å². The fraction of sp³-hybridized carbons (Fsp3) is 0.474. The summed E-state index contributed by atoms with van der Waals surface area (Å²) in [6.07, 6.45) is 0. The van der Waals surface area contributed by atoms with Crippen LogP contribution in [0.2, 0.25) is 0 Å². The van der Waals surface area contributed by atoms with Crippen LogP contribution >= 0.6 is 11.8 Å². The number of aliphatic hydroxyl groups is 1. The molecule has 1 heterocycles. The van der Waals surface area contributed by atoms with E-state index < -0.39 is 0 Å². The molecule has 0 atom stereocenters. The predicted octanol–water partition coefficient (Wildman–Crippen LogP) is 2.94. The van der Waals surface area contributed by atoms with E-state index in [9.17, 15) is 9.59 Å². The summed E-state index contributed by atoms with van der Waals surface area (Å²) in [6.45, 7) is 8.36. The van der Waals surface area contributed by atoms with E-state index in [4.69, 9.17) is 9.84 Å². The molecule has 0 aromatic heterocycles. The van der Waals surface area contributed by atoms with Gasteiger partial charge >= 0.3 is 0 Å². The van der Waals surface area contributed by atoms with Crippen molar-refractivity contribution >= 4 is 29.1 Å². The van der Waals surface area contributed by atoms with E-state index in [1.165, 1.54) is 16.7 Å². The van der Waals surface area contributed by atoms with Crippen molar-refractivity contribution in [2.75, 3.05) is 19.0 Å². The average molecular weight is 363 g/mol. The Bertz CT molecular complexity index is 665. The van der Waals surface area contributed by atoms with Crippen molar-refractivity contribution in [2.24, 2.45) is 5.92 Å². The molecular weight excluding hydrogens is 338 g/mol. The molecule has 0 radical (unpaired) electrons. The van der Waals surface area contributed by atoms with Gasteiger partial charge in [-0.05, 0) is 37.5 Å². The molecule has 1 aliphatic rings. The molecule has 0 saturated carbocycles. The number of carbonyl (C=O) groups is 2. The first kappa shape index (κ1) is 19.5. The van der Waals surface area contributed by atoms with Crippen LogP contribution in [-0.2, 0) is 9.59 Å². The van der Waals surface area contributed by atoms with Crippen LogP contribution in [0.25, 0.3) is 5.57 Å². The summed E-state index contributed by atoms with van der Waals surface area (Å²) in [4.78, 5) is 27.1. The molecule has 0 aliphatic carbocycles. The van der Waals surface area contributed by atoms with Gasteiger partial charge in [0.25, 0.3) is 11.8 Å². The van der Waals surface area contributed by atoms with Crippen molar-refractivity contribution in [1.82, 2.24) is 4.90 Å². The van der Waals surface area contributed by atoms with Gasteiger partial charge < -0.3 is 9.84 Å². The van der Waals surface area contributed by atoms with Gasteiger partial charge in [-0.3, -0.25) is 14.5 Å². The third-order valence-corrected chi connectivity index (χ3v) is 4.71. The highest BCUT2D eigenvalue weighted by Gasteiger charge is 2.40. The van der Waals surface area contributed by atoms with E-state index in [-0.39, 0.29) is 24.5 Å². The van der Waals surface area contributed by atoms with E-state index in [0.29, 0.717) is 34.3 Å². The first-order chi connectivity index (χ1) is 11.9. The molecular formula is C19H25NO4S. The Kier molecular flexibility index (Phi) is 6.67. The monoisotopic (exact) mass is 363 g/mol. The number of imide groups is 1. The standard InChI is InChI=1S/C19H25NO4S/c1-12(2)11-24-15-7-5-14(6-8-15)16-17(25-10-9-21)19(23)20(13(3)4)18(16)22/h5-8,12-13,21H,9-11H2,1-4H3. The lowest BCUT2D eigenvalue weighted by Crippen LogP contribution is -2.37.